The molecule has 0 bridgehead atoms. The highest BCUT2D eigenvalue weighted by Gasteiger charge is 2.30. The minimum Gasteiger partial charge on any atom is -0.394 e. The topological polar surface area (TPSA) is 50.1 Å². The van der Waals surface area contributed by atoms with Crippen molar-refractivity contribution in [3.63, 3.8) is 0 Å². The van der Waals surface area contributed by atoms with Gasteiger partial charge in [-0.25, -0.2) is 0 Å². The molecule has 0 amide bonds. The van der Waals surface area contributed by atoms with Crippen molar-refractivity contribution in [2.24, 2.45) is 5.41 Å². The largest absolute Gasteiger partial charge is 0.394 e. The van der Waals surface area contributed by atoms with E-state index in [2.05, 4.69) is 17.3 Å². The number of nitrogens with one attached hydrogen (secondary N) is 1. The van der Waals surface area contributed by atoms with Crippen LogP contribution in [0.25, 0.3) is 0 Å². The third-order valence-corrected chi connectivity index (χ3v) is 3.46. The van der Waals surface area contributed by atoms with Crippen LogP contribution in [0.1, 0.15) is 31.7 Å². The van der Waals surface area contributed by atoms with Gasteiger partial charge in [-0.2, -0.15) is 5.10 Å². The molecular formula is C12H21N3O. The van der Waals surface area contributed by atoms with Gasteiger partial charge in [0.1, 0.15) is 0 Å². The van der Waals surface area contributed by atoms with Crippen LogP contribution in [0.15, 0.2) is 12.4 Å². The van der Waals surface area contributed by atoms with E-state index in [0.29, 0.717) is 12.0 Å². The summed E-state index contributed by atoms with van der Waals surface area (Å²) < 4.78 is 1.78. The molecule has 0 aromatic carbocycles. The summed E-state index contributed by atoms with van der Waals surface area (Å²) in [5.41, 5.74) is 1.72. The lowest BCUT2D eigenvalue weighted by Crippen LogP contribution is -2.36. The number of nitrogens with zero attached hydrogens (tertiary/aromatic N) is 2. The summed E-state index contributed by atoms with van der Waals surface area (Å²) in [6, 6.07) is 0. The van der Waals surface area contributed by atoms with Gasteiger partial charge < -0.3 is 10.4 Å². The fourth-order valence-electron chi connectivity index (χ4n) is 2.19. The fraction of sp³-hybridized carbons (Fsp3) is 0.750. The van der Waals surface area contributed by atoms with Crippen molar-refractivity contribution in [1.29, 1.82) is 0 Å². The molecule has 0 aliphatic heterocycles. The molecule has 1 aromatic rings. The van der Waals surface area contributed by atoms with Crippen molar-refractivity contribution >= 4 is 0 Å². The molecule has 1 aliphatic carbocycles. The summed E-state index contributed by atoms with van der Waals surface area (Å²) in [4.78, 5) is 0. The SMILES string of the molecule is CC1(CNCc2cnn(CCO)c2)CCC1. The third kappa shape index (κ3) is 2.83. The number of rotatable bonds is 6. The van der Waals surface area contributed by atoms with E-state index in [0.717, 1.165) is 13.1 Å². The average Bonchev–Trinajstić information content (AvgIpc) is 2.64. The summed E-state index contributed by atoms with van der Waals surface area (Å²) >= 11 is 0. The average molecular weight is 223 g/mol. The molecule has 16 heavy (non-hydrogen) atoms. The Kier molecular flexibility index (Phi) is 3.61. The van der Waals surface area contributed by atoms with Crippen LogP contribution in [0.3, 0.4) is 0 Å². The van der Waals surface area contributed by atoms with Crippen molar-refractivity contribution in [2.75, 3.05) is 13.2 Å². The molecule has 2 N–H and O–H groups in total. The molecule has 4 heteroatoms. The van der Waals surface area contributed by atoms with Crippen LogP contribution in [0.2, 0.25) is 0 Å². The minimum absolute atomic E-state index is 0.145. The Labute approximate surface area is 96.7 Å². The van der Waals surface area contributed by atoms with E-state index in [1.807, 2.05) is 12.4 Å². The number of aliphatic hydroxyl groups excluding tert-OH is 1. The van der Waals surface area contributed by atoms with Crippen molar-refractivity contribution in [3.05, 3.63) is 18.0 Å². The molecule has 2 rings (SSSR count). The van der Waals surface area contributed by atoms with Crippen LogP contribution < -0.4 is 5.32 Å². The van der Waals surface area contributed by atoms with Gasteiger partial charge in [0.05, 0.1) is 19.3 Å². The van der Waals surface area contributed by atoms with Gasteiger partial charge in [-0.05, 0) is 18.3 Å². The summed E-state index contributed by atoms with van der Waals surface area (Å²) in [5.74, 6) is 0. The van der Waals surface area contributed by atoms with Crippen molar-refractivity contribution in [3.8, 4) is 0 Å². The van der Waals surface area contributed by atoms with Gasteiger partial charge in [-0.15, -0.1) is 0 Å². The first-order valence-electron chi connectivity index (χ1n) is 6.05. The Morgan fingerprint density at radius 2 is 2.38 bits per heavy atom. The maximum atomic E-state index is 8.77. The van der Waals surface area contributed by atoms with E-state index in [4.69, 9.17) is 5.11 Å². The van der Waals surface area contributed by atoms with Gasteiger partial charge in [0.15, 0.2) is 0 Å². The smallest absolute Gasteiger partial charge is 0.0640 e. The van der Waals surface area contributed by atoms with Gasteiger partial charge in [0.2, 0.25) is 0 Å². The predicted molar refractivity (Wildman–Crippen MR) is 63.0 cm³/mol. The summed E-state index contributed by atoms with van der Waals surface area (Å²) in [7, 11) is 0. The van der Waals surface area contributed by atoms with E-state index in [1.165, 1.54) is 24.8 Å². The standard InChI is InChI=1S/C12H21N3O/c1-12(3-2-4-12)10-13-7-11-8-14-15(9-11)5-6-16/h8-9,13,16H,2-7,10H2,1H3. The van der Waals surface area contributed by atoms with Crippen molar-refractivity contribution in [1.82, 2.24) is 15.1 Å². The van der Waals surface area contributed by atoms with E-state index < -0.39 is 0 Å². The zero-order valence-corrected chi connectivity index (χ0v) is 9.95. The molecular weight excluding hydrogens is 202 g/mol. The van der Waals surface area contributed by atoms with Crippen LogP contribution in [-0.2, 0) is 13.1 Å². The zero-order chi connectivity index (χ0) is 11.4. The molecule has 90 valence electrons. The Hall–Kier alpha value is -0.870. The first-order chi connectivity index (χ1) is 7.72. The van der Waals surface area contributed by atoms with Gasteiger partial charge in [-0.1, -0.05) is 13.3 Å². The van der Waals surface area contributed by atoms with Crippen molar-refractivity contribution in [2.45, 2.75) is 39.3 Å². The van der Waals surface area contributed by atoms with Gasteiger partial charge in [-0.3, -0.25) is 4.68 Å². The van der Waals surface area contributed by atoms with E-state index in [-0.39, 0.29) is 6.61 Å². The summed E-state index contributed by atoms with van der Waals surface area (Å²) in [6.07, 6.45) is 7.94. The van der Waals surface area contributed by atoms with Gasteiger partial charge in [0, 0.05) is 24.8 Å². The molecule has 4 nitrogen and oxygen atoms in total. The monoisotopic (exact) mass is 223 g/mol. The van der Waals surface area contributed by atoms with Gasteiger partial charge in [0.25, 0.3) is 0 Å². The first kappa shape index (κ1) is 11.6. The van der Waals surface area contributed by atoms with Crippen LogP contribution in [0.5, 0.6) is 0 Å². The fourth-order valence-corrected chi connectivity index (χ4v) is 2.19. The predicted octanol–water partition coefficient (Wildman–Crippen LogP) is 1.16. The van der Waals surface area contributed by atoms with E-state index in [9.17, 15) is 0 Å². The highest BCUT2D eigenvalue weighted by Crippen LogP contribution is 2.39. The highest BCUT2D eigenvalue weighted by molar-refractivity contribution is 5.03. The summed E-state index contributed by atoms with van der Waals surface area (Å²) in [6.45, 7) is 5.04. The Balaban J connectivity index is 1.72. The zero-order valence-electron chi connectivity index (χ0n) is 9.95. The minimum atomic E-state index is 0.145. The van der Waals surface area contributed by atoms with Crippen molar-refractivity contribution < 1.29 is 5.11 Å². The molecule has 1 heterocycles. The first-order valence-corrected chi connectivity index (χ1v) is 6.05. The van der Waals surface area contributed by atoms with E-state index >= 15 is 0 Å². The van der Waals surface area contributed by atoms with Crippen LogP contribution in [-0.4, -0.2) is 28.0 Å². The Bertz CT molecular complexity index is 331. The lowest BCUT2D eigenvalue weighted by Gasteiger charge is -2.38. The van der Waals surface area contributed by atoms with Crippen LogP contribution in [0, 0.1) is 5.41 Å². The molecule has 0 spiro atoms. The number of hydrogen-bond acceptors (Lipinski definition) is 3. The molecule has 0 atom stereocenters. The molecule has 0 radical (unpaired) electrons. The molecule has 0 saturated heterocycles. The number of aliphatic hydroxyl groups is 1. The maximum Gasteiger partial charge on any atom is 0.0640 e. The second kappa shape index (κ2) is 4.97. The second-order valence-corrected chi connectivity index (χ2v) is 5.10. The second-order valence-electron chi connectivity index (χ2n) is 5.10. The number of aromatic nitrogens is 2. The molecule has 1 fully saturated rings. The number of hydrogen-bond donors (Lipinski definition) is 2. The van der Waals surface area contributed by atoms with Gasteiger partial charge >= 0.3 is 0 Å². The lowest BCUT2D eigenvalue weighted by atomic mass is 9.70. The Morgan fingerprint density at radius 1 is 1.56 bits per heavy atom. The summed E-state index contributed by atoms with van der Waals surface area (Å²) in [5, 5.41) is 16.4. The normalized spacial score (nSPS) is 18.4. The van der Waals surface area contributed by atoms with Crippen LogP contribution in [0.4, 0.5) is 0 Å². The highest BCUT2D eigenvalue weighted by atomic mass is 16.3. The Morgan fingerprint density at radius 3 is 3.00 bits per heavy atom. The maximum absolute atomic E-state index is 8.77. The molecule has 1 aliphatic rings. The van der Waals surface area contributed by atoms with Crippen LogP contribution >= 0.6 is 0 Å². The molecule has 0 unspecified atom stereocenters. The molecule has 1 aromatic heterocycles. The quantitative estimate of drug-likeness (QED) is 0.760. The van der Waals surface area contributed by atoms with E-state index in [1.54, 1.807) is 4.68 Å². The third-order valence-electron chi connectivity index (χ3n) is 3.46. The molecule has 1 saturated carbocycles. The lowest BCUT2D eigenvalue weighted by molar-refractivity contribution is 0.156.